The average Bonchev–Trinajstić information content (AvgIpc) is 3.19. The summed E-state index contributed by atoms with van der Waals surface area (Å²) >= 11 is 0. The molecule has 3 saturated heterocycles. The van der Waals surface area contributed by atoms with Crippen LogP contribution in [-0.4, -0.2) is 128 Å². The molecule has 3 fully saturated rings. The molecule has 7 unspecified atom stereocenters. The summed E-state index contributed by atoms with van der Waals surface area (Å²) in [5.41, 5.74) is 9.06. The molecule has 0 aliphatic carbocycles. The third-order valence-corrected chi connectivity index (χ3v) is 7.79. The summed E-state index contributed by atoms with van der Waals surface area (Å²) < 4.78 is 30.4. The summed E-state index contributed by atoms with van der Waals surface area (Å²) in [7, 11) is 0. The van der Waals surface area contributed by atoms with E-state index in [0.29, 0.717) is 25.9 Å². The smallest absolute Gasteiger partial charge is 0.250 e. The van der Waals surface area contributed by atoms with Crippen molar-refractivity contribution in [3.63, 3.8) is 0 Å². The molecule has 0 aromatic rings. The van der Waals surface area contributed by atoms with Gasteiger partial charge in [0.2, 0.25) is 24.2 Å². The van der Waals surface area contributed by atoms with Gasteiger partial charge in [-0.25, -0.2) is 8.78 Å². The van der Waals surface area contributed by atoms with Crippen LogP contribution in [0.15, 0.2) is 4.99 Å². The number of likely N-dealkylation sites (tertiary alicyclic amines) is 1. The van der Waals surface area contributed by atoms with E-state index in [9.17, 15) is 14.0 Å². The highest BCUT2D eigenvalue weighted by Crippen LogP contribution is 2.26. The second kappa shape index (κ2) is 10.4. The van der Waals surface area contributed by atoms with Gasteiger partial charge in [-0.05, 0) is 25.9 Å². The Bertz CT molecular complexity index is 860. The van der Waals surface area contributed by atoms with E-state index in [1.807, 2.05) is 9.80 Å². The summed E-state index contributed by atoms with van der Waals surface area (Å²) in [6, 6.07) is -1.18. The molecule has 2 amide bonds. The fourth-order valence-corrected chi connectivity index (χ4v) is 5.95. The highest BCUT2D eigenvalue weighted by molar-refractivity contribution is 5.84. The molecule has 0 spiro atoms. The minimum absolute atomic E-state index is 0.0470. The summed E-state index contributed by atoms with van der Waals surface area (Å²) in [6.07, 6.45) is 0.737. The van der Waals surface area contributed by atoms with Gasteiger partial charge < -0.3 is 21.3 Å². The number of hydrazone groups is 1. The molecule has 194 valence electrons. The number of fused-ring (bicyclic) bond motifs is 1. The molecule has 7 atom stereocenters. The zero-order chi connectivity index (χ0) is 24.5. The lowest BCUT2D eigenvalue weighted by atomic mass is 9.90. The van der Waals surface area contributed by atoms with Crippen LogP contribution in [0.3, 0.4) is 0 Å². The van der Waals surface area contributed by atoms with E-state index in [0.717, 1.165) is 26.2 Å². The average molecular weight is 497 g/mol. The van der Waals surface area contributed by atoms with Gasteiger partial charge in [0.25, 0.3) is 0 Å². The standard InChI is InChI=1S/C22H35F2N9O2/c23-14-9-28-20-17(19(25)30-33(20)12-14)21(34)29-16-11-27-10-15(24)18(16)31-5-1-13(2-6-31)22(35)32-7-3-26-4-8-32/h11-20,26,28,30H,1-10,25H2/p+1. The second-order valence-electron chi connectivity index (χ2n) is 10.0. The summed E-state index contributed by atoms with van der Waals surface area (Å²) in [5.74, 6) is -0.878. The molecule has 5 rings (SSSR count). The van der Waals surface area contributed by atoms with Crippen LogP contribution in [0.25, 0.3) is 0 Å². The van der Waals surface area contributed by atoms with Crippen LogP contribution in [0.1, 0.15) is 12.8 Å². The number of aliphatic imine (C=N–C) groups is 1. The Kier molecular flexibility index (Phi) is 7.28. The Morgan fingerprint density at radius 3 is 2.63 bits per heavy atom. The molecule has 0 aromatic carbocycles. The first-order valence-electron chi connectivity index (χ1n) is 12.6. The van der Waals surface area contributed by atoms with Crippen LogP contribution in [0.2, 0.25) is 0 Å². The zero-order valence-electron chi connectivity index (χ0n) is 19.8. The molecule has 0 saturated carbocycles. The maximum atomic E-state index is 15.2. The van der Waals surface area contributed by atoms with Crippen molar-refractivity contribution in [2.75, 3.05) is 52.4 Å². The third-order valence-electron chi connectivity index (χ3n) is 7.79. The molecular weight excluding hydrogens is 460 g/mol. The van der Waals surface area contributed by atoms with Crippen LogP contribution < -0.4 is 27.1 Å². The van der Waals surface area contributed by atoms with E-state index >= 15 is 4.39 Å². The lowest BCUT2D eigenvalue weighted by Gasteiger charge is -2.43. The second-order valence-corrected chi connectivity index (χ2v) is 10.0. The molecule has 0 radical (unpaired) electrons. The maximum absolute atomic E-state index is 15.2. The van der Waals surface area contributed by atoms with Crippen LogP contribution in [-0.2, 0) is 9.59 Å². The zero-order valence-corrected chi connectivity index (χ0v) is 19.8. The minimum atomic E-state index is -1.23. The van der Waals surface area contributed by atoms with Gasteiger partial charge in [0.1, 0.15) is 12.3 Å². The Morgan fingerprint density at radius 2 is 1.89 bits per heavy atom. The Balaban J connectivity index is 1.21. The van der Waals surface area contributed by atoms with E-state index in [-0.39, 0.29) is 30.8 Å². The van der Waals surface area contributed by atoms with Crippen molar-refractivity contribution < 1.29 is 23.1 Å². The van der Waals surface area contributed by atoms with Crippen molar-refractivity contribution in [2.24, 2.45) is 22.6 Å². The number of piperazine rings is 1. The molecule has 5 aliphatic rings. The van der Waals surface area contributed by atoms with Gasteiger partial charge in [-0.3, -0.25) is 24.8 Å². The first-order chi connectivity index (χ1) is 16.9. The Morgan fingerprint density at radius 1 is 1.14 bits per heavy atom. The van der Waals surface area contributed by atoms with Crippen molar-refractivity contribution >= 4 is 24.2 Å². The summed E-state index contributed by atoms with van der Waals surface area (Å²) in [5, 5.41) is 9.23. The first kappa shape index (κ1) is 24.5. The number of hydrogen-bond donors (Lipinski definition) is 5. The number of nitrogens with two attached hydrogens (primary N) is 1. The molecule has 11 nitrogen and oxygen atoms in total. The van der Waals surface area contributed by atoms with Gasteiger partial charge in [-0.1, -0.05) is 0 Å². The quantitative estimate of drug-likeness (QED) is 0.266. The van der Waals surface area contributed by atoms with E-state index in [1.165, 1.54) is 10.9 Å². The van der Waals surface area contributed by atoms with Crippen molar-refractivity contribution in [2.45, 2.75) is 49.6 Å². The van der Waals surface area contributed by atoms with Crippen LogP contribution in [0, 0.1) is 11.8 Å². The number of hydrogen-bond acceptors (Lipinski definition) is 8. The van der Waals surface area contributed by atoms with Gasteiger partial charge in [0.05, 0.1) is 18.6 Å². The number of amides is 2. The van der Waals surface area contributed by atoms with Crippen LogP contribution in [0.4, 0.5) is 8.78 Å². The molecule has 0 aromatic heterocycles. The number of halogens is 2. The number of rotatable bonds is 4. The van der Waals surface area contributed by atoms with E-state index in [4.69, 9.17) is 5.73 Å². The van der Waals surface area contributed by atoms with Crippen LogP contribution >= 0.6 is 0 Å². The van der Waals surface area contributed by atoms with Gasteiger partial charge in [0.15, 0.2) is 12.1 Å². The van der Waals surface area contributed by atoms with Crippen molar-refractivity contribution in [1.29, 1.82) is 0 Å². The number of carbonyl (C=O) groups excluding carboxylic acids is 2. The highest BCUT2D eigenvalue weighted by Gasteiger charge is 2.52. The maximum Gasteiger partial charge on any atom is 0.250 e. The summed E-state index contributed by atoms with van der Waals surface area (Å²) in [6.45, 7) is 4.41. The monoisotopic (exact) mass is 496 g/mol. The van der Waals surface area contributed by atoms with Gasteiger partial charge in [-0.15, -0.1) is 4.68 Å². The van der Waals surface area contributed by atoms with Crippen LogP contribution in [0.5, 0.6) is 0 Å². The van der Waals surface area contributed by atoms with Crippen molar-refractivity contribution in [3.8, 4) is 0 Å². The van der Waals surface area contributed by atoms with Crippen molar-refractivity contribution in [1.82, 2.24) is 31.2 Å². The van der Waals surface area contributed by atoms with Gasteiger partial charge in [0, 0.05) is 44.9 Å². The predicted octanol–water partition coefficient (Wildman–Crippen LogP) is -2.82. The number of carbonyl (C=O) groups is 2. The number of hydrazine groups is 1. The molecule has 5 aliphatic heterocycles. The first-order valence-corrected chi connectivity index (χ1v) is 12.6. The number of piperidine rings is 1. The predicted molar refractivity (Wildman–Crippen MR) is 125 cm³/mol. The van der Waals surface area contributed by atoms with Gasteiger partial charge in [-0.2, -0.15) is 5.43 Å². The Hall–Kier alpha value is -2.22. The fourth-order valence-electron chi connectivity index (χ4n) is 5.95. The number of nitrogens with one attached hydrogen (secondary N) is 4. The largest absolute Gasteiger partial charge is 0.346 e. The normalized spacial score (nSPS) is 38.4. The minimum Gasteiger partial charge on any atom is -0.346 e. The molecule has 5 heterocycles. The van der Waals surface area contributed by atoms with Gasteiger partial charge >= 0.3 is 0 Å². The molecule has 35 heavy (non-hydrogen) atoms. The number of alkyl halides is 2. The van der Waals surface area contributed by atoms with E-state index in [1.54, 1.807) is 6.21 Å². The lowest BCUT2D eigenvalue weighted by molar-refractivity contribution is -0.609. The van der Waals surface area contributed by atoms with Crippen molar-refractivity contribution in [3.05, 3.63) is 0 Å². The highest BCUT2D eigenvalue weighted by atomic mass is 19.1. The molecule has 13 heteroatoms. The summed E-state index contributed by atoms with van der Waals surface area (Å²) in [4.78, 5) is 34.3. The van der Waals surface area contributed by atoms with E-state index < -0.39 is 42.7 Å². The topological polar surface area (TPSA) is 130 Å². The molecular formula is C22H36F2N9O2+. The third kappa shape index (κ3) is 5.04. The number of nitrogens with zero attached hydrogens (tertiary/aromatic N) is 4. The SMILES string of the molecule is NC1N[N+]2=CC(F)CNC2C1C(=O)NC1C=NCC(F)C1N1CCC(C(=O)N2CCNCC2)CC1. The van der Waals surface area contributed by atoms with E-state index in [2.05, 4.69) is 26.4 Å². The Labute approximate surface area is 203 Å². The fraction of sp³-hybridized carbons (Fsp3) is 0.818. The molecule has 0 bridgehead atoms. The molecule has 6 N–H and O–H groups in total. The lowest BCUT2D eigenvalue weighted by Crippen LogP contribution is -2.63.